The molecule has 1 amide bonds. The Morgan fingerprint density at radius 3 is 2.52 bits per heavy atom. The van der Waals surface area contributed by atoms with Gasteiger partial charge in [0.05, 0.1) is 0 Å². The van der Waals surface area contributed by atoms with Crippen LogP contribution >= 0.6 is 24.0 Å². The lowest BCUT2D eigenvalue weighted by Crippen LogP contribution is -2.47. The van der Waals surface area contributed by atoms with Crippen molar-refractivity contribution in [3.8, 4) is 0 Å². The van der Waals surface area contributed by atoms with Gasteiger partial charge in [0.1, 0.15) is 5.60 Å². The van der Waals surface area contributed by atoms with Crippen LogP contribution in [0.5, 0.6) is 0 Å². The molecule has 0 aromatic heterocycles. The summed E-state index contributed by atoms with van der Waals surface area (Å²) in [5.74, 6) is 0.799. The molecule has 2 N–H and O–H groups in total. The van der Waals surface area contributed by atoms with Gasteiger partial charge in [-0.1, -0.05) is 6.92 Å². The number of hydrogen-bond donors (Lipinski definition) is 2. The summed E-state index contributed by atoms with van der Waals surface area (Å²) in [7, 11) is 1.79. The van der Waals surface area contributed by atoms with Crippen molar-refractivity contribution in [1.29, 1.82) is 0 Å². The van der Waals surface area contributed by atoms with Crippen molar-refractivity contribution >= 4 is 36.0 Å². The summed E-state index contributed by atoms with van der Waals surface area (Å²) in [5, 5.41) is 6.75. The fraction of sp³-hybridized carbons (Fsp3) is 0.895. The first-order chi connectivity index (χ1) is 12.3. The van der Waals surface area contributed by atoms with Crippen LogP contribution in [0.1, 0.15) is 53.4 Å². The van der Waals surface area contributed by atoms with E-state index in [9.17, 15) is 4.79 Å². The first kappa shape index (κ1) is 24.3. The van der Waals surface area contributed by atoms with E-state index < -0.39 is 5.60 Å². The zero-order chi connectivity index (χ0) is 19.2. The molecule has 1 heterocycles. The number of likely N-dealkylation sites (N-methyl/N-ethyl adjacent to an activating group) is 1. The maximum Gasteiger partial charge on any atom is 0.410 e. The summed E-state index contributed by atoms with van der Waals surface area (Å²) >= 11 is 0. The second-order valence-corrected chi connectivity index (χ2v) is 8.21. The summed E-state index contributed by atoms with van der Waals surface area (Å²) in [6.07, 6.45) is 4.44. The number of carbonyl (C=O) groups excluding carboxylic acids is 1. The monoisotopic (exact) mass is 495 g/mol. The number of hydrogen-bond acceptors (Lipinski definition) is 4. The van der Waals surface area contributed by atoms with Gasteiger partial charge in [0, 0.05) is 38.8 Å². The molecule has 0 spiro atoms. The van der Waals surface area contributed by atoms with Gasteiger partial charge in [-0.25, -0.2) is 4.79 Å². The van der Waals surface area contributed by atoms with Gasteiger partial charge in [-0.05, 0) is 59.5 Å². The normalized spacial score (nSPS) is 20.8. The quantitative estimate of drug-likeness (QED) is 0.323. The van der Waals surface area contributed by atoms with E-state index in [1.54, 1.807) is 7.05 Å². The van der Waals surface area contributed by atoms with Crippen LogP contribution in [-0.4, -0.2) is 79.3 Å². The van der Waals surface area contributed by atoms with Crippen molar-refractivity contribution < 1.29 is 9.53 Å². The number of rotatable bonds is 7. The molecule has 7 nitrogen and oxygen atoms in total. The molecule has 1 saturated carbocycles. The summed E-state index contributed by atoms with van der Waals surface area (Å²) in [4.78, 5) is 21.0. The Hall–Kier alpha value is -0.770. The molecule has 1 saturated heterocycles. The lowest BCUT2D eigenvalue weighted by atomic mass is 10.2. The number of aliphatic imine (C=N–C) groups is 1. The molecular formula is C19H38IN5O2. The molecule has 0 bridgehead atoms. The van der Waals surface area contributed by atoms with E-state index in [1.807, 2.05) is 25.7 Å². The Kier molecular flexibility index (Phi) is 10.1. The maximum absolute atomic E-state index is 12.4. The first-order valence-electron chi connectivity index (χ1n) is 10.0. The topological polar surface area (TPSA) is 69.2 Å². The van der Waals surface area contributed by atoms with Crippen molar-refractivity contribution in [2.75, 3.05) is 39.8 Å². The van der Waals surface area contributed by atoms with E-state index in [2.05, 4.69) is 27.4 Å². The fourth-order valence-corrected chi connectivity index (χ4v) is 3.40. The minimum atomic E-state index is -0.457. The number of amides is 1. The largest absolute Gasteiger partial charge is 0.444 e. The number of guanidine groups is 1. The molecule has 8 heteroatoms. The first-order valence-corrected chi connectivity index (χ1v) is 10.0. The van der Waals surface area contributed by atoms with Gasteiger partial charge in [-0.15, -0.1) is 24.0 Å². The van der Waals surface area contributed by atoms with Crippen molar-refractivity contribution in [2.24, 2.45) is 4.99 Å². The zero-order valence-corrected chi connectivity index (χ0v) is 19.9. The summed E-state index contributed by atoms with van der Waals surface area (Å²) in [6, 6.07) is 0.918. The van der Waals surface area contributed by atoms with E-state index in [0.29, 0.717) is 25.2 Å². The fourth-order valence-electron chi connectivity index (χ4n) is 3.40. The summed E-state index contributed by atoms with van der Waals surface area (Å²) < 4.78 is 5.53. The molecule has 1 atom stereocenters. The smallest absolute Gasteiger partial charge is 0.410 e. The van der Waals surface area contributed by atoms with Crippen molar-refractivity contribution in [2.45, 2.75) is 71.1 Å². The Labute approximate surface area is 181 Å². The highest BCUT2D eigenvalue weighted by molar-refractivity contribution is 14.0. The van der Waals surface area contributed by atoms with Gasteiger partial charge in [0.15, 0.2) is 5.96 Å². The van der Waals surface area contributed by atoms with Crippen LogP contribution in [-0.2, 0) is 4.74 Å². The molecule has 1 aliphatic heterocycles. The Bertz CT molecular complexity index is 491. The number of carbonyl (C=O) groups is 1. The minimum Gasteiger partial charge on any atom is -0.444 e. The molecule has 0 radical (unpaired) electrons. The van der Waals surface area contributed by atoms with Crippen LogP contribution < -0.4 is 10.6 Å². The van der Waals surface area contributed by atoms with Gasteiger partial charge in [-0.2, -0.15) is 0 Å². The molecule has 1 aliphatic carbocycles. The van der Waals surface area contributed by atoms with E-state index in [4.69, 9.17) is 4.74 Å². The molecule has 2 aliphatic rings. The summed E-state index contributed by atoms with van der Waals surface area (Å²) in [5.41, 5.74) is -0.457. The molecule has 158 valence electrons. The Balaban J connectivity index is 0.00000364. The number of likely N-dealkylation sites (tertiary alicyclic amines) is 1. The molecule has 27 heavy (non-hydrogen) atoms. The predicted molar refractivity (Wildman–Crippen MR) is 121 cm³/mol. The standard InChI is InChI=1S/C19H37N5O2.HI/c1-6-23-12-7-8-16(23)14-22-17(20-5)21-11-13-24(15-9-10-15)18(25)26-19(2,3)4;/h15-16H,6-14H2,1-5H3,(H2,20,21,22);1H. The molecule has 2 fully saturated rings. The number of halogens is 1. The summed E-state index contributed by atoms with van der Waals surface area (Å²) in [6.45, 7) is 12.4. The number of nitrogens with one attached hydrogen (secondary N) is 2. The lowest BCUT2D eigenvalue weighted by molar-refractivity contribution is 0.0238. The second-order valence-electron chi connectivity index (χ2n) is 8.21. The van der Waals surface area contributed by atoms with Gasteiger partial charge in [0.25, 0.3) is 0 Å². The average Bonchev–Trinajstić information content (AvgIpc) is 3.30. The highest BCUT2D eigenvalue weighted by Crippen LogP contribution is 2.28. The number of ether oxygens (including phenoxy) is 1. The third-order valence-electron chi connectivity index (χ3n) is 4.89. The Morgan fingerprint density at radius 2 is 1.96 bits per heavy atom. The van der Waals surface area contributed by atoms with Crippen molar-refractivity contribution in [3.05, 3.63) is 0 Å². The van der Waals surface area contributed by atoms with E-state index >= 15 is 0 Å². The van der Waals surface area contributed by atoms with Gasteiger partial charge < -0.3 is 20.3 Å². The third kappa shape index (κ3) is 8.41. The Morgan fingerprint density at radius 1 is 1.26 bits per heavy atom. The molecule has 0 aromatic carbocycles. The van der Waals surface area contributed by atoms with Gasteiger partial charge >= 0.3 is 6.09 Å². The van der Waals surface area contributed by atoms with Crippen LogP contribution in [0, 0.1) is 0 Å². The van der Waals surface area contributed by atoms with Crippen LogP contribution in [0.4, 0.5) is 4.79 Å². The predicted octanol–water partition coefficient (Wildman–Crippen LogP) is 2.65. The van der Waals surface area contributed by atoms with Gasteiger partial charge in [0.2, 0.25) is 0 Å². The SMILES string of the molecule is CCN1CCCC1CNC(=NC)NCCN(C(=O)OC(C)(C)C)C1CC1.I. The second kappa shape index (κ2) is 11.3. The third-order valence-corrected chi connectivity index (χ3v) is 4.89. The molecular weight excluding hydrogens is 457 g/mol. The maximum atomic E-state index is 12.4. The number of nitrogens with zero attached hydrogens (tertiary/aromatic N) is 3. The molecule has 0 aromatic rings. The molecule has 2 rings (SSSR count). The van der Waals surface area contributed by atoms with Crippen molar-refractivity contribution in [1.82, 2.24) is 20.4 Å². The highest BCUT2D eigenvalue weighted by Gasteiger charge is 2.34. The average molecular weight is 495 g/mol. The van der Waals surface area contributed by atoms with E-state index in [-0.39, 0.29) is 30.1 Å². The van der Waals surface area contributed by atoms with Gasteiger partial charge in [-0.3, -0.25) is 9.89 Å². The van der Waals surface area contributed by atoms with E-state index in [1.165, 1.54) is 19.4 Å². The van der Waals surface area contributed by atoms with Crippen LogP contribution in [0.15, 0.2) is 4.99 Å². The zero-order valence-electron chi connectivity index (χ0n) is 17.6. The van der Waals surface area contributed by atoms with Crippen molar-refractivity contribution in [3.63, 3.8) is 0 Å². The van der Waals surface area contributed by atoms with Crippen LogP contribution in [0.3, 0.4) is 0 Å². The van der Waals surface area contributed by atoms with E-state index in [0.717, 1.165) is 31.9 Å². The lowest BCUT2D eigenvalue weighted by Gasteiger charge is -2.28. The van der Waals surface area contributed by atoms with Crippen LogP contribution in [0.25, 0.3) is 0 Å². The molecule has 1 unspecified atom stereocenters. The highest BCUT2D eigenvalue weighted by atomic mass is 127. The van der Waals surface area contributed by atoms with Crippen LogP contribution in [0.2, 0.25) is 0 Å². The minimum absolute atomic E-state index is 0.